The first kappa shape index (κ1) is 40.7. The van der Waals surface area contributed by atoms with E-state index in [0.29, 0.717) is 12.4 Å². The largest absolute Gasteiger partial charge is 0.324 e. The van der Waals surface area contributed by atoms with Crippen molar-refractivity contribution in [1.29, 1.82) is 0 Å². The van der Waals surface area contributed by atoms with Gasteiger partial charge in [0.2, 0.25) is 0 Å². The lowest BCUT2D eigenvalue weighted by Gasteiger charge is -2.22. The summed E-state index contributed by atoms with van der Waals surface area (Å²) in [5.74, 6) is 2.28. The molecule has 9 aromatic rings. The molecule has 0 radical (unpaired) electrons. The van der Waals surface area contributed by atoms with E-state index in [2.05, 4.69) is 169 Å². The van der Waals surface area contributed by atoms with Crippen molar-refractivity contribution in [3.63, 3.8) is 0 Å². The van der Waals surface area contributed by atoms with Gasteiger partial charge in [-0.15, -0.1) is 11.3 Å². The molecule has 0 fully saturated rings. The van der Waals surface area contributed by atoms with Crippen LogP contribution in [-0.2, 0) is 6.54 Å². The first-order chi connectivity index (χ1) is 32.7. The first-order valence-corrected chi connectivity index (χ1v) is 23.3. The van der Waals surface area contributed by atoms with Crippen molar-refractivity contribution in [3.8, 4) is 22.3 Å². The van der Waals surface area contributed by atoms with E-state index in [1.54, 1.807) is 0 Å². The van der Waals surface area contributed by atoms with Crippen LogP contribution in [0.3, 0.4) is 0 Å². The van der Waals surface area contributed by atoms with Crippen molar-refractivity contribution >= 4 is 60.8 Å². The summed E-state index contributed by atoms with van der Waals surface area (Å²) in [5, 5.41) is 5.91. The van der Waals surface area contributed by atoms with E-state index in [4.69, 9.17) is 20.0 Å². The molecule has 1 aliphatic carbocycles. The Kier molecular flexibility index (Phi) is 11.5. The fourth-order valence-electron chi connectivity index (χ4n) is 8.63. The molecule has 316 valence electrons. The fraction of sp³-hybridized carbons (Fsp3) is 0.0667. The highest BCUT2D eigenvalue weighted by atomic mass is 32.1. The number of fused-ring (bicyclic) bond motifs is 3. The van der Waals surface area contributed by atoms with Crippen LogP contribution in [0.5, 0.6) is 0 Å². The van der Waals surface area contributed by atoms with Crippen molar-refractivity contribution in [2.75, 3.05) is 0 Å². The molecule has 6 heteroatoms. The number of aliphatic imine (C=N–C) groups is 4. The molecule has 0 saturated carbocycles. The van der Waals surface area contributed by atoms with Crippen LogP contribution in [0.4, 0.5) is 0 Å². The zero-order valence-corrected chi connectivity index (χ0v) is 37.1. The van der Waals surface area contributed by atoms with Crippen molar-refractivity contribution in [1.82, 2.24) is 5.32 Å². The number of nitrogens with one attached hydrogen (secondary N) is 1. The van der Waals surface area contributed by atoms with Gasteiger partial charge in [-0.3, -0.25) is 4.99 Å². The monoisotopic (exact) mass is 867 g/mol. The summed E-state index contributed by atoms with van der Waals surface area (Å²) in [7, 11) is 0. The van der Waals surface area contributed by atoms with Gasteiger partial charge in [-0.05, 0) is 75.6 Å². The van der Waals surface area contributed by atoms with Gasteiger partial charge >= 0.3 is 0 Å². The summed E-state index contributed by atoms with van der Waals surface area (Å²) < 4.78 is 2.45. The zero-order chi connectivity index (χ0) is 44.1. The normalized spacial score (nSPS) is 14.3. The maximum Gasteiger partial charge on any atom is 0.169 e. The molecule has 1 aliphatic heterocycles. The van der Waals surface area contributed by atoms with Crippen molar-refractivity contribution in [2.24, 2.45) is 20.0 Å². The highest BCUT2D eigenvalue weighted by molar-refractivity contribution is 7.26. The number of thiophene rings is 1. The molecule has 0 atom stereocenters. The molecular weight excluding hydrogens is 823 g/mol. The summed E-state index contributed by atoms with van der Waals surface area (Å²) in [5.41, 5.74) is 13.3. The lowest BCUT2D eigenvalue weighted by atomic mass is 9.97. The third-order valence-electron chi connectivity index (χ3n) is 12.1. The average molecular weight is 868 g/mol. The minimum absolute atomic E-state index is 0.422. The molecule has 0 saturated heterocycles. The highest BCUT2D eigenvalue weighted by Gasteiger charge is 2.22. The van der Waals surface area contributed by atoms with Crippen LogP contribution < -0.4 is 5.32 Å². The zero-order valence-electron chi connectivity index (χ0n) is 36.3. The van der Waals surface area contributed by atoms with Gasteiger partial charge < -0.3 is 5.32 Å². The summed E-state index contributed by atoms with van der Waals surface area (Å²) in [6, 6.07) is 70.4. The van der Waals surface area contributed by atoms with Crippen LogP contribution in [-0.4, -0.2) is 23.7 Å². The number of rotatable bonds is 10. The number of benzene rings is 8. The molecule has 2 heterocycles. The summed E-state index contributed by atoms with van der Waals surface area (Å²) in [6.07, 6.45) is 10.5. The van der Waals surface area contributed by atoms with Gasteiger partial charge in [0.15, 0.2) is 12.0 Å². The molecule has 0 unspecified atom stereocenters. The molecule has 1 aromatic heterocycles. The second kappa shape index (κ2) is 18.6. The number of hydrogen-bond donors (Lipinski definition) is 1. The number of hydrogen-bond acceptors (Lipinski definition) is 5. The SMILES string of the molecule is C1=CC(c2ccc(CN=C(N=Cc3ccccc3)c3cc(-c4ccc(C5N=C(c6ccccc6)NC(c6ccccc6)=N5)cc4)c4sc5cc(-c6ccccc6)ccc5c4c3)cc2)=CCC1. The van der Waals surface area contributed by atoms with E-state index < -0.39 is 6.17 Å². The average Bonchev–Trinajstić information content (AvgIpc) is 3.78. The van der Waals surface area contributed by atoms with Crippen molar-refractivity contribution < 1.29 is 0 Å². The predicted molar refractivity (Wildman–Crippen MR) is 279 cm³/mol. The molecular formula is C60H45N5S. The molecule has 2 aliphatic rings. The lowest BCUT2D eigenvalue weighted by Crippen LogP contribution is -2.35. The lowest BCUT2D eigenvalue weighted by molar-refractivity contribution is 0.756. The number of nitrogens with zero attached hydrogens (tertiary/aromatic N) is 4. The summed E-state index contributed by atoms with van der Waals surface area (Å²) in [4.78, 5) is 20.7. The Morgan fingerprint density at radius 3 is 1.85 bits per heavy atom. The van der Waals surface area contributed by atoms with Crippen molar-refractivity contribution in [2.45, 2.75) is 25.6 Å². The third-order valence-corrected chi connectivity index (χ3v) is 13.3. The van der Waals surface area contributed by atoms with Crippen LogP contribution in [0.15, 0.2) is 238 Å². The standard InChI is InChI=1S/C60H45N5S/c1-6-16-41(17-7-1)39-61-57(62-40-42-26-28-45(29-27-42)43-18-8-2-9-19-43)51-36-53(56-54(37-51)52-35-34-50(38-55(52)66-56)44-20-10-3-11-21-44)46-30-32-49(33-31-46)60-64-58(47-22-12-4-13-23-47)63-59(65-60)48-24-14-5-15-25-48/h1,3-8,10-39,60H,2,9,40H2,(H,63,64,65). The van der Waals surface area contributed by atoms with E-state index in [-0.39, 0.29) is 0 Å². The Bertz CT molecular complexity index is 3310. The molecule has 0 spiro atoms. The minimum Gasteiger partial charge on any atom is -0.324 e. The smallest absolute Gasteiger partial charge is 0.169 e. The quantitative estimate of drug-likeness (QED) is 0.108. The van der Waals surface area contributed by atoms with E-state index in [0.717, 1.165) is 69.0 Å². The summed E-state index contributed by atoms with van der Waals surface area (Å²) in [6.45, 7) is 0.497. The topological polar surface area (TPSA) is 61.5 Å². The fourth-order valence-corrected chi connectivity index (χ4v) is 9.89. The molecule has 8 aromatic carbocycles. The van der Waals surface area contributed by atoms with E-state index in [9.17, 15) is 0 Å². The van der Waals surface area contributed by atoms with Crippen LogP contribution in [0.25, 0.3) is 48.0 Å². The molecule has 66 heavy (non-hydrogen) atoms. The Balaban J connectivity index is 1.02. The van der Waals surface area contributed by atoms with Gasteiger partial charge in [0.25, 0.3) is 0 Å². The molecule has 5 nitrogen and oxygen atoms in total. The number of allylic oxidation sites excluding steroid dienone is 4. The van der Waals surface area contributed by atoms with Gasteiger partial charge in [-0.1, -0.05) is 200 Å². The Labute approximate surface area is 389 Å². The van der Waals surface area contributed by atoms with Gasteiger partial charge in [0.05, 0.1) is 6.54 Å². The Hall–Kier alpha value is -8.06. The second-order valence-corrected chi connectivity index (χ2v) is 17.6. The minimum atomic E-state index is -0.422. The van der Waals surface area contributed by atoms with Crippen LogP contribution in [0.2, 0.25) is 0 Å². The Morgan fingerprint density at radius 1 is 0.576 bits per heavy atom. The third kappa shape index (κ3) is 8.75. The number of amidine groups is 3. The van der Waals surface area contributed by atoms with Gasteiger partial charge in [-0.25, -0.2) is 15.0 Å². The van der Waals surface area contributed by atoms with Gasteiger partial charge in [-0.2, -0.15) is 0 Å². The highest BCUT2D eigenvalue weighted by Crippen LogP contribution is 2.43. The predicted octanol–water partition coefficient (Wildman–Crippen LogP) is 14.7. The second-order valence-electron chi connectivity index (χ2n) is 16.5. The maximum atomic E-state index is 5.28. The van der Waals surface area contributed by atoms with E-state index in [1.807, 2.05) is 72.1 Å². The molecule has 0 amide bonds. The van der Waals surface area contributed by atoms with E-state index in [1.165, 1.54) is 42.4 Å². The van der Waals surface area contributed by atoms with Gasteiger partial charge in [0.1, 0.15) is 11.7 Å². The molecule has 11 rings (SSSR count). The van der Waals surface area contributed by atoms with Crippen LogP contribution >= 0.6 is 11.3 Å². The van der Waals surface area contributed by atoms with Crippen molar-refractivity contribution in [3.05, 3.63) is 257 Å². The molecule has 1 N–H and O–H groups in total. The maximum absolute atomic E-state index is 5.28. The molecule has 0 bridgehead atoms. The van der Waals surface area contributed by atoms with Crippen LogP contribution in [0.1, 0.15) is 58.0 Å². The van der Waals surface area contributed by atoms with Crippen LogP contribution in [0, 0.1) is 0 Å². The first-order valence-electron chi connectivity index (χ1n) is 22.5. The van der Waals surface area contributed by atoms with Gasteiger partial charge in [0, 0.05) is 48.6 Å². The Morgan fingerprint density at radius 2 is 1.20 bits per heavy atom. The summed E-state index contributed by atoms with van der Waals surface area (Å²) >= 11 is 1.83. The van der Waals surface area contributed by atoms with E-state index >= 15 is 0 Å².